The third-order valence-electron chi connectivity index (χ3n) is 3.19. The van der Waals surface area contributed by atoms with Crippen molar-refractivity contribution in [3.63, 3.8) is 0 Å². The van der Waals surface area contributed by atoms with E-state index in [4.69, 9.17) is 0 Å². The van der Waals surface area contributed by atoms with Crippen molar-refractivity contribution < 1.29 is 0 Å². The van der Waals surface area contributed by atoms with Crippen molar-refractivity contribution in [2.75, 3.05) is 0 Å². The van der Waals surface area contributed by atoms with Crippen molar-refractivity contribution in [1.29, 1.82) is 0 Å². The summed E-state index contributed by atoms with van der Waals surface area (Å²) in [7, 11) is 0. The Hall–Kier alpha value is -1.56. The van der Waals surface area contributed by atoms with Crippen LogP contribution in [0.4, 0.5) is 0 Å². The van der Waals surface area contributed by atoms with E-state index in [0.717, 1.165) is 18.4 Å². The molecule has 0 aromatic heterocycles. The van der Waals surface area contributed by atoms with Gasteiger partial charge >= 0.3 is 0 Å². The third-order valence-corrected chi connectivity index (χ3v) is 3.19. The number of hydrogen-bond donors (Lipinski definition) is 0. The number of hydrogen-bond acceptors (Lipinski definition) is 0. The predicted octanol–water partition coefficient (Wildman–Crippen LogP) is 4.87. The average Bonchev–Trinajstić information content (AvgIpc) is 2.35. The second-order valence-electron chi connectivity index (χ2n) is 4.48. The zero-order valence-corrected chi connectivity index (χ0v) is 11.2. The lowest BCUT2D eigenvalue weighted by Crippen LogP contribution is -1.93. The number of aryl methyl sites for hydroxylation is 1. The molecule has 0 amide bonds. The predicted molar refractivity (Wildman–Crippen MR) is 77.2 cm³/mol. The van der Waals surface area contributed by atoms with Gasteiger partial charge in [-0.05, 0) is 49.0 Å². The fourth-order valence-electron chi connectivity index (χ4n) is 1.74. The van der Waals surface area contributed by atoms with Crippen LogP contribution in [0.2, 0.25) is 0 Å². The highest BCUT2D eigenvalue weighted by Crippen LogP contribution is 2.18. The molecule has 1 aromatic rings. The fourth-order valence-corrected chi connectivity index (χ4v) is 1.74. The molecule has 0 atom stereocenters. The van der Waals surface area contributed by atoms with Crippen molar-refractivity contribution in [2.45, 2.75) is 33.6 Å². The van der Waals surface area contributed by atoms with Crippen LogP contribution < -0.4 is 0 Å². The maximum absolute atomic E-state index is 3.99. The van der Waals surface area contributed by atoms with Crippen LogP contribution in [-0.2, 0) is 12.8 Å². The molecular formula is C17H22. The molecule has 0 heteroatoms. The summed E-state index contributed by atoms with van der Waals surface area (Å²) in [4.78, 5) is 0. The maximum Gasteiger partial charge on any atom is -0.00233 e. The number of rotatable bonds is 5. The van der Waals surface area contributed by atoms with Gasteiger partial charge in [0.1, 0.15) is 0 Å². The minimum atomic E-state index is 0.937. The normalized spacial score (nSPS) is 11.9. The molecule has 0 bridgehead atoms. The zero-order chi connectivity index (χ0) is 12.8. The highest BCUT2D eigenvalue weighted by atomic mass is 14.1. The third kappa shape index (κ3) is 3.74. The van der Waals surface area contributed by atoms with E-state index in [0.29, 0.717) is 0 Å². The van der Waals surface area contributed by atoms with Gasteiger partial charge in [0.2, 0.25) is 0 Å². The molecular weight excluding hydrogens is 204 g/mol. The molecule has 90 valence electrons. The number of benzene rings is 1. The molecule has 0 aliphatic heterocycles. The molecule has 0 fully saturated rings. The van der Waals surface area contributed by atoms with Crippen molar-refractivity contribution in [2.24, 2.45) is 0 Å². The van der Waals surface area contributed by atoms with Gasteiger partial charge in [0.15, 0.2) is 0 Å². The smallest absolute Gasteiger partial charge is 0.00233 e. The van der Waals surface area contributed by atoms with Gasteiger partial charge in [0, 0.05) is 0 Å². The van der Waals surface area contributed by atoms with E-state index in [1.807, 2.05) is 13.0 Å². The average molecular weight is 226 g/mol. The monoisotopic (exact) mass is 226 g/mol. The van der Waals surface area contributed by atoms with Crippen LogP contribution in [-0.4, -0.2) is 0 Å². The summed E-state index contributed by atoms with van der Waals surface area (Å²) < 4.78 is 0. The summed E-state index contributed by atoms with van der Waals surface area (Å²) in [6.45, 7) is 14.2. The van der Waals surface area contributed by atoms with Gasteiger partial charge in [-0.15, -0.1) is 0 Å². The van der Waals surface area contributed by atoms with Gasteiger partial charge in [-0.25, -0.2) is 0 Å². The van der Waals surface area contributed by atoms with E-state index in [9.17, 15) is 0 Å². The summed E-state index contributed by atoms with van der Waals surface area (Å²) in [5, 5.41) is 0. The highest BCUT2D eigenvalue weighted by Gasteiger charge is 2.02. The van der Waals surface area contributed by atoms with Gasteiger partial charge in [-0.3, -0.25) is 0 Å². The molecule has 0 saturated carbocycles. The van der Waals surface area contributed by atoms with E-state index < -0.39 is 0 Å². The molecule has 0 N–H and O–H groups in total. The molecule has 0 aliphatic carbocycles. The Morgan fingerprint density at radius 1 is 1.12 bits per heavy atom. The molecule has 0 unspecified atom stereocenters. The van der Waals surface area contributed by atoms with Crippen LogP contribution >= 0.6 is 0 Å². The second-order valence-corrected chi connectivity index (χ2v) is 4.48. The van der Waals surface area contributed by atoms with E-state index in [1.54, 1.807) is 0 Å². The van der Waals surface area contributed by atoms with E-state index in [2.05, 4.69) is 51.3 Å². The lowest BCUT2D eigenvalue weighted by molar-refractivity contribution is 1.11. The minimum Gasteiger partial charge on any atom is -0.0988 e. The summed E-state index contributed by atoms with van der Waals surface area (Å²) in [6.07, 6.45) is 3.97. The Kier molecular flexibility index (Phi) is 4.96. The molecule has 0 heterocycles. The van der Waals surface area contributed by atoms with Crippen LogP contribution in [0.5, 0.6) is 0 Å². The molecule has 17 heavy (non-hydrogen) atoms. The Morgan fingerprint density at radius 2 is 1.65 bits per heavy atom. The van der Waals surface area contributed by atoms with E-state index in [1.165, 1.54) is 22.3 Å². The Balaban J connectivity index is 2.92. The topological polar surface area (TPSA) is 0 Å². The summed E-state index contributed by atoms with van der Waals surface area (Å²) >= 11 is 0. The van der Waals surface area contributed by atoms with Crippen LogP contribution in [0.3, 0.4) is 0 Å². The Morgan fingerprint density at radius 3 is 2.06 bits per heavy atom. The fraction of sp³-hybridized carbons (Fsp3) is 0.294. The van der Waals surface area contributed by atoms with Crippen LogP contribution in [0.1, 0.15) is 31.9 Å². The van der Waals surface area contributed by atoms with Crippen molar-refractivity contribution in [1.82, 2.24) is 0 Å². The van der Waals surface area contributed by atoms with Gasteiger partial charge in [0.05, 0.1) is 0 Å². The molecule has 1 rings (SSSR count). The van der Waals surface area contributed by atoms with E-state index in [-0.39, 0.29) is 0 Å². The first-order valence-electron chi connectivity index (χ1n) is 6.14. The second kappa shape index (κ2) is 6.24. The SMILES string of the molecule is C=C/C(Cc1ccc(CC)cc1)=C(/C)C(=C)C. The van der Waals surface area contributed by atoms with Gasteiger partial charge in [-0.1, -0.05) is 56.0 Å². The lowest BCUT2D eigenvalue weighted by Gasteiger charge is -2.09. The summed E-state index contributed by atoms with van der Waals surface area (Å²) in [6, 6.07) is 8.81. The van der Waals surface area contributed by atoms with Gasteiger partial charge in [-0.2, -0.15) is 0 Å². The van der Waals surface area contributed by atoms with Crippen LogP contribution in [0, 0.1) is 0 Å². The van der Waals surface area contributed by atoms with Crippen LogP contribution in [0.15, 0.2) is 60.2 Å². The minimum absolute atomic E-state index is 0.937. The molecule has 0 saturated heterocycles. The quantitative estimate of drug-likeness (QED) is 0.628. The summed E-state index contributed by atoms with van der Waals surface area (Å²) in [5.74, 6) is 0. The first-order chi connectivity index (χ1) is 8.08. The van der Waals surface area contributed by atoms with Crippen molar-refractivity contribution >= 4 is 0 Å². The Labute approximate surface area is 105 Å². The molecule has 0 nitrogen and oxygen atoms in total. The first-order valence-corrected chi connectivity index (χ1v) is 6.14. The summed E-state index contributed by atoms with van der Waals surface area (Å²) in [5.41, 5.74) is 6.35. The standard InChI is InChI=1S/C17H22/c1-6-15-8-10-16(11-9-15)12-17(7-2)14(5)13(3)4/h7-11H,2-3,6,12H2,1,4-5H3/b17-14+. The molecule has 0 radical (unpaired) electrons. The molecule has 0 spiro atoms. The zero-order valence-electron chi connectivity index (χ0n) is 11.2. The maximum atomic E-state index is 3.99. The van der Waals surface area contributed by atoms with E-state index >= 15 is 0 Å². The molecule has 1 aromatic carbocycles. The van der Waals surface area contributed by atoms with Crippen molar-refractivity contribution in [3.8, 4) is 0 Å². The van der Waals surface area contributed by atoms with Gasteiger partial charge in [0.25, 0.3) is 0 Å². The number of allylic oxidation sites excluding steroid dienone is 4. The lowest BCUT2D eigenvalue weighted by atomic mass is 9.97. The largest absolute Gasteiger partial charge is 0.0988 e. The Bertz CT molecular complexity index is 430. The highest BCUT2D eigenvalue weighted by molar-refractivity contribution is 5.39. The van der Waals surface area contributed by atoms with Crippen LogP contribution in [0.25, 0.3) is 0 Å². The first kappa shape index (κ1) is 13.5. The van der Waals surface area contributed by atoms with Crippen molar-refractivity contribution in [3.05, 3.63) is 71.3 Å². The van der Waals surface area contributed by atoms with Gasteiger partial charge < -0.3 is 0 Å². The molecule has 0 aliphatic rings.